The number of guanidine groups is 1. The minimum atomic E-state index is -4.68. The van der Waals surface area contributed by atoms with E-state index in [1.807, 2.05) is 0 Å². The van der Waals surface area contributed by atoms with E-state index in [-0.39, 0.29) is 19.0 Å². The fraction of sp³-hybridized carbons (Fsp3) is 0.667. The Morgan fingerprint density at radius 2 is 2.06 bits per heavy atom. The lowest BCUT2D eigenvalue weighted by molar-refractivity contribution is -0.140. The normalized spacial score (nSPS) is 13.1. The molecule has 0 aromatic rings. The SMILES string of the molecule is NC(N)=NCCN[C@@H](COP(=O)(O)O)C(=O)O. The molecule has 100 valence electrons. The number of hydrogen-bond donors (Lipinski definition) is 6. The Labute approximate surface area is 96.9 Å². The molecule has 0 saturated carbocycles. The highest BCUT2D eigenvalue weighted by Gasteiger charge is 2.22. The average Bonchev–Trinajstić information content (AvgIpc) is 2.13. The molecule has 8 N–H and O–H groups in total. The highest BCUT2D eigenvalue weighted by Crippen LogP contribution is 2.35. The lowest BCUT2D eigenvalue weighted by atomic mass is 10.3. The first-order chi connectivity index (χ1) is 7.72. The van der Waals surface area contributed by atoms with E-state index in [0.29, 0.717) is 0 Å². The van der Waals surface area contributed by atoms with Crippen molar-refractivity contribution in [3.63, 3.8) is 0 Å². The van der Waals surface area contributed by atoms with Gasteiger partial charge in [0.15, 0.2) is 5.96 Å². The van der Waals surface area contributed by atoms with E-state index < -0.39 is 26.4 Å². The first kappa shape index (κ1) is 15.8. The predicted octanol–water partition coefficient (Wildman–Crippen LogP) is -2.59. The zero-order valence-corrected chi connectivity index (χ0v) is 9.71. The molecule has 0 aliphatic heterocycles. The largest absolute Gasteiger partial charge is 0.480 e. The predicted molar refractivity (Wildman–Crippen MR) is 58.1 cm³/mol. The van der Waals surface area contributed by atoms with Gasteiger partial charge in [-0.3, -0.25) is 14.3 Å². The number of hydrogen-bond acceptors (Lipinski definition) is 5. The molecule has 10 nitrogen and oxygen atoms in total. The zero-order chi connectivity index (χ0) is 13.5. The lowest BCUT2D eigenvalue weighted by Gasteiger charge is -2.14. The number of phosphoric acid groups is 1. The summed E-state index contributed by atoms with van der Waals surface area (Å²) < 4.78 is 14.4. The van der Waals surface area contributed by atoms with Crippen molar-refractivity contribution >= 4 is 19.8 Å². The van der Waals surface area contributed by atoms with Gasteiger partial charge in [0, 0.05) is 6.54 Å². The van der Waals surface area contributed by atoms with Crippen LogP contribution in [0.4, 0.5) is 0 Å². The topological polar surface area (TPSA) is 180 Å². The Balaban J connectivity index is 4.04. The van der Waals surface area contributed by atoms with Crippen LogP contribution in [0.25, 0.3) is 0 Å². The van der Waals surface area contributed by atoms with Crippen molar-refractivity contribution in [3.05, 3.63) is 0 Å². The summed E-state index contributed by atoms with van der Waals surface area (Å²) in [6, 6.07) is -1.25. The van der Waals surface area contributed by atoms with Gasteiger partial charge in [-0.05, 0) is 0 Å². The van der Waals surface area contributed by atoms with Gasteiger partial charge in [-0.15, -0.1) is 0 Å². The summed E-state index contributed by atoms with van der Waals surface area (Å²) in [5.74, 6) is -1.44. The zero-order valence-electron chi connectivity index (χ0n) is 8.81. The van der Waals surface area contributed by atoms with Crippen LogP contribution in [0.3, 0.4) is 0 Å². The fourth-order valence-corrected chi connectivity index (χ4v) is 1.16. The minimum absolute atomic E-state index is 0.124. The Hall–Kier alpha value is -1.19. The molecule has 17 heavy (non-hydrogen) atoms. The summed E-state index contributed by atoms with van der Waals surface area (Å²) in [4.78, 5) is 31.1. The number of carboxylic acids is 1. The van der Waals surface area contributed by atoms with Gasteiger partial charge in [0.1, 0.15) is 6.04 Å². The molecule has 0 radical (unpaired) electrons. The van der Waals surface area contributed by atoms with Gasteiger partial charge >= 0.3 is 13.8 Å². The van der Waals surface area contributed by atoms with Crippen molar-refractivity contribution in [2.75, 3.05) is 19.7 Å². The molecule has 0 aromatic carbocycles. The van der Waals surface area contributed by atoms with Crippen LogP contribution in [0, 0.1) is 0 Å². The van der Waals surface area contributed by atoms with E-state index in [9.17, 15) is 9.36 Å². The van der Waals surface area contributed by atoms with Crippen LogP contribution in [0.2, 0.25) is 0 Å². The third kappa shape index (κ3) is 9.72. The number of nitrogens with one attached hydrogen (secondary N) is 1. The van der Waals surface area contributed by atoms with Crippen LogP contribution >= 0.6 is 7.82 Å². The lowest BCUT2D eigenvalue weighted by Crippen LogP contribution is -2.41. The van der Waals surface area contributed by atoms with Gasteiger partial charge in [-0.2, -0.15) is 0 Å². The molecule has 0 fully saturated rings. The van der Waals surface area contributed by atoms with Crippen molar-refractivity contribution < 1.29 is 28.8 Å². The van der Waals surface area contributed by atoms with Gasteiger partial charge in [0.25, 0.3) is 0 Å². The molecule has 0 rings (SSSR count). The first-order valence-corrected chi connectivity index (χ1v) is 5.97. The number of phosphoric ester groups is 1. The Morgan fingerprint density at radius 1 is 1.47 bits per heavy atom. The number of carbonyl (C=O) groups is 1. The molecule has 0 aliphatic rings. The van der Waals surface area contributed by atoms with Gasteiger partial charge in [0.2, 0.25) is 0 Å². The summed E-state index contributed by atoms with van der Waals surface area (Å²) in [7, 11) is -4.68. The van der Waals surface area contributed by atoms with Gasteiger partial charge in [0.05, 0.1) is 13.2 Å². The average molecular weight is 270 g/mol. The second-order valence-corrected chi connectivity index (χ2v) is 4.18. The molecule has 0 bridgehead atoms. The molecule has 1 atom stereocenters. The van der Waals surface area contributed by atoms with Crippen molar-refractivity contribution in [2.24, 2.45) is 16.5 Å². The third-order valence-corrected chi connectivity index (χ3v) is 1.99. The molecule has 0 aliphatic carbocycles. The molecule has 0 unspecified atom stereocenters. The molecule has 0 heterocycles. The highest BCUT2D eigenvalue weighted by molar-refractivity contribution is 7.46. The minimum Gasteiger partial charge on any atom is -0.480 e. The number of aliphatic imine (C=N–C) groups is 1. The van der Waals surface area contributed by atoms with Crippen LogP contribution in [-0.4, -0.2) is 52.6 Å². The number of nitrogens with two attached hydrogens (primary N) is 2. The van der Waals surface area contributed by atoms with Gasteiger partial charge in [-0.25, -0.2) is 4.57 Å². The highest BCUT2D eigenvalue weighted by atomic mass is 31.2. The van der Waals surface area contributed by atoms with Crippen LogP contribution in [-0.2, 0) is 13.9 Å². The maximum absolute atomic E-state index is 10.7. The number of rotatable bonds is 8. The van der Waals surface area contributed by atoms with Crippen LogP contribution in [0.1, 0.15) is 0 Å². The summed E-state index contributed by atoms with van der Waals surface area (Å²) in [6.45, 7) is -0.400. The molecular weight excluding hydrogens is 255 g/mol. The Morgan fingerprint density at radius 3 is 2.47 bits per heavy atom. The fourth-order valence-electron chi connectivity index (χ4n) is 0.813. The number of aliphatic carboxylic acids is 1. The standard InChI is InChI=1S/C6H15N4O6P/c7-6(8)10-2-1-9-4(5(11)12)3-16-17(13,14)15/h4,9H,1-3H2,(H,11,12)(H4,7,8,10)(H2,13,14,15)/t4-/m0/s1. The summed E-state index contributed by atoms with van der Waals surface area (Å²) in [5.41, 5.74) is 10.1. The second kappa shape index (κ2) is 7.20. The molecule has 0 spiro atoms. The van der Waals surface area contributed by atoms with Gasteiger partial charge < -0.3 is 31.7 Å². The molecule has 11 heteroatoms. The van der Waals surface area contributed by atoms with Crippen molar-refractivity contribution in [3.8, 4) is 0 Å². The maximum Gasteiger partial charge on any atom is 0.469 e. The van der Waals surface area contributed by atoms with Crippen LogP contribution in [0.15, 0.2) is 4.99 Å². The smallest absolute Gasteiger partial charge is 0.469 e. The molecule has 0 aromatic heterocycles. The van der Waals surface area contributed by atoms with Crippen LogP contribution in [0.5, 0.6) is 0 Å². The van der Waals surface area contributed by atoms with Crippen molar-refractivity contribution in [1.29, 1.82) is 0 Å². The van der Waals surface area contributed by atoms with Crippen molar-refractivity contribution in [1.82, 2.24) is 5.32 Å². The summed E-state index contributed by atoms with van der Waals surface area (Å²) >= 11 is 0. The van der Waals surface area contributed by atoms with Gasteiger partial charge in [-0.1, -0.05) is 0 Å². The van der Waals surface area contributed by atoms with E-state index >= 15 is 0 Å². The molecule has 0 saturated heterocycles. The van der Waals surface area contributed by atoms with E-state index in [4.69, 9.17) is 26.4 Å². The quantitative estimate of drug-likeness (QED) is 0.119. The van der Waals surface area contributed by atoms with Crippen LogP contribution < -0.4 is 16.8 Å². The number of nitrogens with zero attached hydrogens (tertiary/aromatic N) is 1. The van der Waals surface area contributed by atoms with E-state index in [1.54, 1.807) is 0 Å². The summed E-state index contributed by atoms with van der Waals surface area (Å²) in [5, 5.41) is 11.2. The molecule has 0 amide bonds. The number of carboxylic acid groups (broad SMARTS) is 1. The maximum atomic E-state index is 10.7. The summed E-state index contributed by atoms with van der Waals surface area (Å²) in [6.07, 6.45) is 0. The Bertz CT molecular complexity index is 324. The van der Waals surface area contributed by atoms with E-state index in [1.165, 1.54) is 0 Å². The molecular formula is C6H15N4O6P. The van der Waals surface area contributed by atoms with E-state index in [2.05, 4.69) is 14.8 Å². The van der Waals surface area contributed by atoms with Crippen molar-refractivity contribution in [2.45, 2.75) is 6.04 Å². The monoisotopic (exact) mass is 270 g/mol. The Kier molecular flexibility index (Phi) is 6.69. The second-order valence-electron chi connectivity index (χ2n) is 2.94. The van der Waals surface area contributed by atoms with E-state index in [0.717, 1.165) is 0 Å². The third-order valence-electron chi connectivity index (χ3n) is 1.50. The first-order valence-electron chi connectivity index (χ1n) is 4.44.